The molecule has 0 aliphatic carbocycles. The third kappa shape index (κ3) is 2.55. The molecule has 1 amide bonds. The zero-order chi connectivity index (χ0) is 17.4. The average Bonchev–Trinajstić information content (AvgIpc) is 3.05. The SMILES string of the molecule is COc1ccccc1[C@H]1CC(=O)Nc2c1ncn2-c1ccccc1F. The van der Waals surface area contributed by atoms with Crippen LogP contribution in [0.4, 0.5) is 10.2 Å². The Morgan fingerprint density at radius 3 is 2.76 bits per heavy atom. The molecule has 0 saturated heterocycles. The minimum absolute atomic E-state index is 0.138. The van der Waals surface area contributed by atoms with Gasteiger partial charge in [-0.3, -0.25) is 9.36 Å². The van der Waals surface area contributed by atoms with Crippen molar-refractivity contribution >= 4 is 11.7 Å². The van der Waals surface area contributed by atoms with Crippen molar-refractivity contribution in [2.75, 3.05) is 12.4 Å². The standard InChI is InChI=1S/C19H16FN3O2/c1-25-16-9-5-2-6-12(16)13-10-17(24)22-19-18(13)21-11-23(19)15-8-4-3-7-14(15)20/h2-9,11,13H,10H2,1H3,(H,22,24)/t13-/m1/s1. The summed E-state index contributed by atoms with van der Waals surface area (Å²) in [6, 6.07) is 14.0. The Balaban J connectivity index is 1.86. The summed E-state index contributed by atoms with van der Waals surface area (Å²) in [6.45, 7) is 0. The highest BCUT2D eigenvalue weighted by Gasteiger charge is 2.32. The van der Waals surface area contributed by atoms with E-state index in [1.54, 1.807) is 29.9 Å². The molecule has 0 fully saturated rings. The summed E-state index contributed by atoms with van der Waals surface area (Å²) in [5, 5.41) is 2.83. The van der Waals surface area contributed by atoms with Crippen molar-refractivity contribution < 1.29 is 13.9 Å². The molecule has 0 saturated carbocycles. The van der Waals surface area contributed by atoms with E-state index in [0.717, 1.165) is 5.56 Å². The quantitative estimate of drug-likeness (QED) is 0.796. The van der Waals surface area contributed by atoms with Crippen LogP contribution in [0.1, 0.15) is 23.6 Å². The summed E-state index contributed by atoms with van der Waals surface area (Å²) in [5.41, 5.74) is 1.93. The number of methoxy groups -OCH3 is 1. The number of carbonyl (C=O) groups is 1. The number of hydrogen-bond donors (Lipinski definition) is 1. The monoisotopic (exact) mass is 337 g/mol. The molecule has 2 heterocycles. The highest BCUT2D eigenvalue weighted by molar-refractivity contribution is 5.94. The van der Waals surface area contributed by atoms with Gasteiger partial charge >= 0.3 is 0 Å². The molecule has 1 aliphatic rings. The van der Waals surface area contributed by atoms with Crippen LogP contribution in [0.5, 0.6) is 5.75 Å². The lowest BCUT2D eigenvalue weighted by Crippen LogP contribution is -2.25. The molecule has 1 aliphatic heterocycles. The summed E-state index contributed by atoms with van der Waals surface area (Å²) < 4.78 is 21.2. The average molecular weight is 337 g/mol. The Labute approximate surface area is 144 Å². The number of halogens is 1. The molecular formula is C19H16FN3O2. The molecule has 1 aromatic heterocycles. The topological polar surface area (TPSA) is 56.1 Å². The summed E-state index contributed by atoms with van der Waals surface area (Å²) >= 11 is 0. The highest BCUT2D eigenvalue weighted by atomic mass is 19.1. The van der Waals surface area contributed by atoms with E-state index in [-0.39, 0.29) is 24.1 Å². The van der Waals surface area contributed by atoms with Gasteiger partial charge in [0.05, 0.1) is 18.5 Å². The normalized spacial score (nSPS) is 16.2. The molecular weight excluding hydrogens is 321 g/mol. The van der Waals surface area contributed by atoms with E-state index in [2.05, 4.69) is 10.3 Å². The molecule has 126 valence electrons. The van der Waals surface area contributed by atoms with Crippen molar-refractivity contribution in [1.82, 2.24) is 9.55 Å². The van der Waals surface area contributed by atoms with Gasteiger partial charge in [0.25, 0.3) is 0 Å². The number of fused-ring (bicyclic) bond motifs is 1. The molecule has 0 spiro atoms. The van der Waals surface area contributed by atoms with Gasteiger partial charge in [-0.05, 0) is 18.2 Å². The Morgan fingerprint density at radius 1 is 1.20 bits per heavy atom. The third-order valence-corrected chi connectivity index (χ3v) is 4.40. The van der Waals surface area contributed by atoms with Crippen LogP contribution in [0.25, 0.3) is 5.69 Å². The Kier molecular flexibility index (Phi) is 3.72. The number of para-hydroxylation sites is 2. The van der Waals surface area contributed by atoms with Crippen LogP contribution in [0, 0.1) is 5.82 Å². The van der Waals surface area contributed by atoms with Gasteiger partial charge in [-0.1, -0.05) is 30.3 Å². The molecule has 1 atom stereocenters. The highest BCUT2D eigenvalue weighted by Crippen LogP contribution is 2.40. The van der Waals surface area contributed by atoms with Gasteiger partial charge in [-0.15, -0.1) is 0 Å². The lowest BCUT2D eigenvalue weighted by Gasteiger charge is -2.24. The number of rotatable bonds is 3. The molecule has 4 rings (SSSR count). The molecule has 2 aromatic carbocycles. The largest absolute Gasteiger partial charge is 0.496 e. The number of imidazole rings is 1. The van der Waals surface area contributed by atoms with Crippen LogP contribution >= 0.6 is 0 Å². The molecule has 3 aromatic rings. The number of benzene rings is 2. The fraction of sp³-hybridized carbons (Fsp3) is 0.158. The molecule has 0 radical (unpaired) electrons. The van der Waals surface area contributed by atoms with Crippen LogP contribution in [-0.2, 0) is 4.79 Å². The summed E-state index contributed by atoms with van der Waals surface area (Å²) in [7, 11) is 1.60. The fourth-order valence-corrected chi connectivity index (χ4v) is 3.25. The number of aromatic nitrogens is 2. The van der Waals surface area contributed by atoms with Gasteiger partial charge in [0.15, 0.2) is 0 Å². The van der Waals surface area contributed by atoms with E-state index in [0.29, 0.717) is 22.9 Å². The first-order valence-electron chi connectivity index (χ1n) is 7.94. The van der Waals surface area contributed by atoms with E-state index >= 15 is 0 Å². The Morgan fingerprint density at radius 2 is 1.96 bits per heavy atom. The smallest absolute Gasteiger partial charge is 0.226 e. The number of carbonyl (C=O) groups excluding carboxylic acids is 1. The first-order chi connectivity index (χ1) is 12.2. The lowest BCUT2D eigenvalue weighted by molar-refractivity contribution is -0.116. The van der Waals surface area contributed by atoms with Crippen molar-refractivity contribution in [3.05, 3.63) is 71.9 Å². The van der Waals surface area contributed by atoms with Crippen molar-refractivity contribution in [3.63, 3.8) is 0 Å². The maximum atomic E-state index is 14.2. The van der Waals surface area contributed by atoms with Gasteiger partial charge in [-0.25, -0.2) is 9.37 Å². The van der Waals surface area contributed by atoms with Crippen molar-refractivity contribution in [2.24, 2.45) is 0 Å². The summed E-state index contributed by atoms with van der Waals surface area (Å²) in [4.78, 5) is 16.8. The third-order valence-electron chi connectivity index (χ3n) is 4.40. The Hall–Kier alpha value is -3.15. The molecule has 1 N–H and O–H groups in total. The number of ether oxygens (including phenoxy) is 1. The maximum Gasteiger partial charge on any atom is 0.226 e. The molecule has 0 bridgehead atoms. The maximum absolute atomic E-state index is 14.2. The van der Waals surface area contributed by atoms with Gasteiger partial charge < -0.3 is 10.1 Å². The molecule has 5 nitrogen and oxygen atoms in total. The van der Waals surface area contributed by atoms with Crippen molar-refractivity contribution in [2.45, 2.75) is 12.3 Å². The molecule has 0 unspecified atom stereocenters. The number of nitrogens with one attached hydrogen (secondary N) is 1. The molecule has 25 heavy (non-hydrogen) atoms. The second-order valence-corrected chi connectivity index (χ2v) is 5.85. The van der Waals surface area contributed by atoms with Crippen LogP contribution in [0.2, 0.25) is 0 Å². The lowest BCUT2D eigenvalue weighted by atomic mass is 9.89. The van der Waals surface area contributed by atoms with Gasteiger partial charge in [0.1, 0.15) is 23.7 Å². The summed E-state index contributed by atoms with van der Waals surface area (Å²) in [5.74, 6) is 0.441. The number of anilines is 1. The van der Waals surface area contributed by atoms with Gasteiger partial charge in [0.2, 0.25) is 5.91 Å². The van der Waals surface area contributed by atoms with Gasteiger partial charge in [-0.2, -0.15) is 0 Å². The minimum Gasteiger partial charge on any atom is -0.496 e. The van der Waals surface area contributed by atoms with E-state index in [1.165, 1.54) is 12.4 Å². The number of nitrogens with zero attached hydrogens (tertiary/aromatic N) is 2. The molecule has 6 heteroatoms. The minimum atomic E-state index is -0.378. The van der Waals surface area contributed by atoms with Crippen LogP contribution in [0.15, 0.2) is 54.9 Å². The first-order valence-corrected chi connectivity index (χ1v) is 7.94. The van der Waals surface area contributed by atoms with E-state index in [9.17, 15) is 9.18 Å². The fourth-order valence-electron chi connectivity index (χ4n) is 3.25. The van der Waals surface area contributed by atoms with Crippen LogP contribution in [-0.4, -0.2) is 22.6 Å². The number of hydrogen-bond acceptors (Lipinski definition) is 3. The van der Waals surface area contributed by atoms with Crippen molar-refractivity contribution in [1.29, 1.82) is 0 Å². The second kappa shape index (κ2) is 6.05. The predicted octanol–water partition coefficient (Wildman–Crippen LogP) is 3.49. The van der Waals surface area contributed by atoms with E-state index < -0.39 is 0 Å². The van der Waals surface area contributed by atoms with Crippen molar-refractivity contribution in [3.8, 4) is 11.4 Å². The number of amides is 1. The first kappa shape index (κ1) is 15.4. The zero-order valence-electron chi connectivity index (χ0n) is 13.6. The van der Waals surface area contributed by atoms with Crippen LogP contribution in [0.3, 0.4) is 0 Å². The van der Waals surface area contributed by atoms with E-state index in [4.69, 9.17) is 4.74 Å². The van der Waals surface area contributed by atoms with Crippen LogP contribution < -0.4 is 10.1 Å². The predicted molar refractivity (Wildman–Crippen MR) is 91.6 cm³/mol. The zero-order valence-corrected chi connectivity index (χ0v) is 13.6. The van der Waals surface area contributed by atoms with E-state index in [1.807, 2.05) is 24.3 Å². The van der Waals surface area contributed by atoms with Gasteiger partial charge in [0, 0.05) is 17.9 Å². The Bertz CT molecular complexity index is 951. The second-order valence-electron chi connectivity index (χ2n) is 5.85. The summed E-state index contributed by atoms with van der Waals surface area (Å²) in [6.07, 6.45) is 1.80.